The summed E-state index contributed by atoms with van der Waals surface area (Å²) in [6, 6.07) is 24.8. The molecule has 0 fully saturated rings. The molecule has 3 amide bonds. The maximum atomic E-state index is 13.4. The van der Waals surface area contributed by atoms with Gasteiger partial charge in [-0.05, 0) is 78.4 Å². The summed E-state index contributed by atoms with van der Waals surface area (Å²) in [7, 11) is 1.55. The minimum Gasteiger partial charge on any atom is -0.494 e. The van der Waals surface area contributed by atoms with Gasteiger partial charge in [-0.1, -0.05) is 51.1 Å². The summed E-state index contributed by atoms with van der Waals surface area (Å²) in [5.74, 6) is 2.25. The summed E-state index contributed by atoms with van der Waals surface area (Å²) >= 11 is 0. The van der Waals surface area contributed by atoms with Crippen molar-refractivity contribution in [1.82, 2.24) is 10.3 Å². The third kappa shape index (κ3) is 8.18. The summed E-state index contributed by atoms with van der Waals surface area (Å²) in [6.07, 6.45) is 1.70. The predicted octanol–water partition coefficient (Wildman–Crippen LogP) is 8.97. The van der Waals surface area contributed by atoms with Gasteiger partial charge in [0.15, 0.2) is 0 Å². The van der Waals surface area contributed by atoms with Gasteiger partial charge in [0.1, 0.15) is 23.1 Å². The maximum Gasteiger partial charge on any atom is 0.323 e. The van der Waals surface area contributed by atoms with Crippen LogP contribution in [0.25, 0.3) is 10.8 Å². The van der Waals surface area contributed by atoms with Gasteiger partial charge in [0.2, 0.25) is 5.91 Å². The zero-order valence-corrected chi connectivity index (χ0v) is 27.9. The van der Waals surface area contributed by atoms with Gasteiger partial charge in [0, 0.05) is 47.8 Å². The third-order valence-corrected chi connectivity index (χ3v) is 7.60. The Balaban J connectivity index is 1.38. The van der Waals surface area contributed by atoms with Crippen molar-refractivity contribution in [2.45, 2.75) is 53.5 Å². The first-order valence-corrected chi connectivity index (χ1v) is 15.4. The van der Waals surface area contributed by atoms with E-state index < -0.39 is 6.03 Å². The van der Waals surface area contributed by atoms with E-state index in [2.05, 4.69) is 79.1 Å². The van der Waals surface area contributed by atoms with Crippen molar-refractivity contribution in [3.8, 4) is 17.2 Å². The number of nitrogens with zero attached hydrogens (tertiary/aromatic N) is 1. The van der Waals surface area contributed by atoms with Gasteiger partial charge < -0.3 is 30.7 Å². The summed E-state index contributed by atoms with van der Waals surface area (Å²) < 4.78 is 12.0. The lowest BCUT2D eigenvalue weighted by atomic mass is 9.85. The Morgan fingerprint density at radius 3 is 2.21 bits per heavy atom. The Hall–Kier alpha value is -5.57. The van der Waals surface area contributed by atoms with Gasteiger partial charge in [0.25, 0.3) is 0 Å². The first-order chi connectivity index (χ1) is 22.4. The number of nitrogens with one attached hydrogen (secondary N) is 4. The lowest BCUT2D eigenvalue weighted by molar-refractivity contribution is -0.119. The standard InChI is InChI=1S/C38H41N5O4/c1-23-16-24(2)18-28(17-23)41-35-21-29(14-15-39-35)47-34-13-12-32(30-10-8-9-11-31(30)34)42-37(45)43-33-20-27(38(4,5)6)19-26(36(33)46-7)22-40-25(3)44/h8-21H,22H2,1-7H3,(H,39,41)(H,40,44)(H2,42,43,45). The maximum absolute atomic E-state index is 13.4. The molecule has 0 radical (unpaired) electrons. The van der Waals surface area contributed by atoms with Gasteiger partial charge >= 0.3 is 6.03 Å². The molecule has 1 aromatic heterocycles. The Morgan fingerprint density at radius 1 is 0.830 bits per heavy atom. The zero-order valence-electron chi connectivity index (χ0n) is 27.9. The third-order valence-electron chi connectivity index (χ3n) is 7.60. The molecule has 0 aliphatic heterocycles. The topological polar surface area (TPSA) is 114 Å². The van der Waals surface area contributed by atoms with Crippen molar-refractivity contribution in [3.63, 3.8) is 0 Å². The molecule has 5 aromatic rings. The number of pyridine rings is 1. The molecular weight excluding hydrogens is 590 g/mol. The second kappa shape index (κ2) is 13.8. The average molecular weight is 632 g/mol. The molecule has 0 atom stereocenters. The number of anilines is 4. The highest BCUT2D eigenvalue weighted by molar-refractivity contribution is 6.08. The van der Waals surface area contributed by atoms with E-state index in [1.807, 2.05) is 54.6 Å². The van der Waals surface area contributed by atoms with Gasteiger partial charge in [-0.15, -0.1) is 0 Å². The molecule has 1 heterocycles. The molecule has 5 rings (SSSR count). The molecule has 0 spiro atoms. The van der Waals surface area contributed by atoms with Crippen molar-refractivity contribution in [2.75, 3.05) is 23.1 Å². The molecule has 4 N–H and O–H groups in total. The fourth-order valence-electron chi connectivity index (χ4n) is 5.42. The summed E-state index contributed by atoms with van der Waals surface area (Å²) in [6.45, 7) is 12.1. The van der Waals surface area contributed by atoms with E-state index in [4.69, 9.17) is 9.47 Å². The first-order valence-electron chi connectivity index (χ1n) is 15.4. The summed E-state index contributed by atoms with van der Waals surface area (Å²) in [5, 5.41) is 13.8. The number of ether oxygens (including phenoxy) is 2. The molecule has 47 heavy (non-hydrogen) atoms. The molecule has 0 saturated heterocycles. The van der Waals surface area contributed by atoms with Crippen LogP contribution in [0.3, 0.4) is 0 Å². The summed E-state index contributed by atoms with van der Waals surface area (Å²) in [5.41, 5.74) is 5.95. The van der Waals surface area contributed by atoms with Crippen molar-refractivity contribution in [3.05, 3.63) is 107 Å². The number of urea groups is 1. The molecule has 0 saturated carbocycles. The number of methoxy groups -OCH3 is 1. The molecule has 242 valence electrons. The lowest BCUT2D eigenvalue weighted by Crippen LogP contribution is -2.23. The second-order valence-corrected chi connectivity index (χ2v) is 12.6. The van der Waals surface area contributed by atoms with Crippen LogP contribution in [0.15, 0.2) is 85.1 Å². The van der Waals surface area contributed by atoms with E-state index >= 15 is 0 Å². The fourth-order valence-corrected chi connectivity index (χ4v) is 5.42. The highest BCUT2D eigenvalue weighted by Gasteiger charge is 2.21. The van der Waals surface area contributed by atoms with Crippen molar-refractivity contribution in [1.29, 1.82) is 0 Å². The first kappa shape index (κ1) is 32.8. The van der Waals surface area contributed by atoms with Crippen LogP contribution >= 0.6 is 0 Å². The van der Waals surface area contributed by atoms with Crippen LogP contribution < -0.4 is 30.7 Å². The Kier molecular flexibility index (Phi) is 9.65. The number of amides is 3. The zero-order chi connectivity index (χ0) is 33.7. The Labute approximate surface area is 275 Å². The van der Waals surface area contributed by atoms with E-state index in [1.54, 1.807) is 19.4 Å². The number of hydrogen-bond donors (Lipinski definition) is 4. The molecule has 9 nitrogen and oxygen atoms in total. The Morgan fingerprint density at radius 2 is 1.53 bits per heavy atom. The largest absolute Gasteiger partial charge is 0.494 e. The second-order valence-electron chi connectivity index (χ2n) is 12.6. The van der Waals surface area contributed by atoms with Crippen LogP contribution in [0.5, 0.6) is 17.2 Å². The molecule has 0 aliphatic rings. The number of carbonyl (C=O) groups excluding carboxylic acids is 2. The fraction of sp³-hybridized carbons (Fsp3) is 0.237. The summed E-state index contributed by atoms with van der Waals surface area (Å²) in [4.78, 5) is 29.6. The van der Waals surface area contributed by atoms with E-state index in [-0.39, 0.29) is 17.9 Å². The van der Waals surface area contributed by atoms with E-state index in [0.717, 1.165) is 38.7 Å². The van der Waals surface area contributed by atoms with Crippen LogP contribution in [0, 0.1) is 13.8 Å². The molecular formula is C38H41N5O4. The van der Waals surface area contributed by atoms with Crippen molar-refractivity contribution < 1.29 is 19.1 Å². The smallest absolute Gasteiger partial charge is 0.323 e. The highest BCUT2D eigenvalue weighted by Crippen LogP contribution is 2.37. The minimum atomic E-state index is -0.435. The number of aromatic nitrogens is 1. The number of rotatable bonds is 9. The normalized spacial score (nSPS) is 11.1. The molecule has 0 bridgehead atoms. The number of fused-ring (bicyclic) bond motifs is 1. The lowest BCUT2D eigenvalue weighted by Gasteiger charge is -2.24. The van der Waals surface area contributed by atoms with Crippen LogP contribution in [0.2, 0.25) is 0 Å². The van der Waals surface area contributed by atoms with Gasteiger partial charge in [0.05, 0.1) is 18.5 Å². The van der Waals surface area contributed by atoms with Crippen molar-refractivity contribution in [2.24, 2.45) is 0 Å². The van der Waals surface area contributed by atoms with E-state index in [1.165, 1.54) is 6.92 Å². The molecule has 4 aromatic carbocycles. The van der Waals surface area contributed by atoms with Gasteiger partial charge in [-0.25, -0.2) is 9.78 Å². The molecule has 9 heteroatoms. The molecule has 0 aliphatic carbocycles. The number of carbonyl (C=O) groups is 2. The number of benzene rings is 4. The molecule has 0 unspecified atom stereocenters. The average Bonchev–Trinajstić information content (AvgIpc) is 3.00. The predicted molar refractivity (Wildman–Crippen MR) is 189 cm³/mol. The number of hydrogen-bond acceptors (Lipinski definition) is 6. The van der Waals surface area contributed by atoms with Crippen LogP contribution in [0.4, 0.5) is 27.7 Å². The van der Waals surface area contributed by atoms with E-state index in [0.29, 0.717) is 34.4 Å². The highest BCUT2D eigenvalue weighted by atomic mass is 16.5. The van der Waals surface area contributed by atoms with E-state index in [9.17, 15) is 9.59 Å². The minimum absolute atomic E-state index is 0.155. The SMILES string of the molecule is COc1c(CNC(C)=O)cc(C(C)(C)C)cc1NC(=O)Nc1ccc(Oc2ccnc(Nc3cc(C)cc(C)c3)c2)c2ccccc12. The monoisotopic (exact) mass is 631 g/mol. The number of aryl methyl sites for hydroxylation is 2. The Bertz CT molecular complexity index is 1930. The van der Waals surface area contributed by atoms with Gasteiger partial charge in [-0.2, -0.15) is 0 Å². The van der Waals surface area contributed by atoms with Crippen molar-refractivity contribution >= 4 is 45.6 Å². The van der Waals surface area contributed by atoms with Crippen LogP contribution in [0.1, 0.15) is 49.9 Å². The van der Waals surface area contributed by atoms with Gasteiger partial charge in [-0.3, -0.25) is 4.79 Å². The van der Waals surface area contributed by atoms with Crippen LogP contribution in [-0.4, -0.2) is 24.0 Å². The quantitative estimate of drug-likeness (QED) is 0.129. The van der Waals surface area contributed by atoms with Crippen LogP contribution in [-0.2, 0) is 16.8 Å².